The van der Waals surface area contributed by atoms with Crippen LogP contribution in [0.2, 0.25) is 0 Å². The van der Waals surface area contributed by atoms with Crippen molar-refractivity contribution in [2.75, 3.05) is 6.61 Å². The second-order valence-electron chi connectivity index (χ2n) is 5.07. The maximum atomic E-state index is 12.9. The summed E-state index contributed by atoms with van der Waals surface area (Å²) >= 11 is 0. The molecule has 0 aliphatic carbocycles. The Balaban J connectivity index is 2.37. The van der Waals surface area contributed by atoms with Crippen molar-refractivity contribution in [1.29, 1.82) is 0 Å². The van der Waals surface area contributed by atoms with Crippen molar-refractivity contribution < 1.29 is 23.8 Å². The SMILES string of the molecule is CC(C)C(CC(=O)O)NC(=O)CCOc1cccc(F)c1. The van der Waals surface area contributed by atoms with E-state index >= 15 is 0 Å². The van der Waals surface area contributed by atoms with Crippen molar-refractivity contribution in [3.05, 3.63) is 30.1 Å². The van der Waals surface area contributed by atoms with Crippen LogP contribution < -0.4 is 10.1 Å². The average molecular weight is 297 g/mol. The summed E-state index contributed by atoms with van der Waals surface area (Å²) in [5.41, 5.74) is 0. The third-order valence-electron chi connectivity index (χ3n) is 2.94. The molecule has 1 atom stereocenters. The van der Waals surface area contributed by atoms with Crippen molar-refractivity contribution in [1.82, 2.24) is 5.32 Å². The fourth-order valence-electron chi connectivity index (χ4n) is 1.74. The number of halogens is 1. The summed E-state index contributed by atoms with van der Waals surface area (Å²) in [7, 11) is 0. The first-order valence-corrected chi connectivity index (χ1v) is 6.78. The van der Waals surface area contributed by atoms with E-state index in [4.69, 9.17) is 9.84 Å². The fourth-order valence-corrected chi connectivity index (χ4v) is 1.74. The van der Waals surface area contributed by atoms with Gasteiger partial charge in [0, 0.05) is 12.1 Å². The van der Waals surface area contributed by atoms with Gasteiger partial charge < -0.3 is 15.2 Å². The highest BCUT2D eigenvalue weighted by molar-refractivity contribution is 5.77. The number of benzene rings is 1. The van der Waals surface area contributed by atoms with Crippen LogP contribution in [0.25, 0.3) is 0 Å². The Bertz CT molecular complexity index is 490. The summed E-state index contributed by atoms with van der Waals surface area (Å²) in [5, 5.41) is 11.5. The Morgan fingerprint density at radius 3 is 2.67 bits per heavy atom. The normalized spacial score (nSPS) is 12.0. The number of ether oxygens (including phenoxy) is 1. The number of carboxylic acid groups (broad SMARTS) is 1. The zero-order valence-corrected chi connectivity index (χ0v) is 12.1. The van der Waals surface area contributed by atoms with Crippen molar-refractivity contribution in [3.63, 3.8) is 0 Å². The highest BCUT2D eigenvalue weighted by atomic mass is 19.1. The number of amides is 1. The molecule has 116 valence electrons. The molecule has 0 aromatic heterocycles. The second-order valence-corrected chi connectivity index (χ2v) is 5.07. The van der Waals surface area contributed by atoms with Gasteiger partial charge in [-0.05, 0) is 18.1 Å². The molecular formula is C15H20FNO4. The molecule has 0 aliphatic heterocycles. The molecule has 21 heavy (non-hydrogen) atoms. The molecule has 0 radical (unpaired) electrons. The van der Waals surface area contributed by atoms with E-state index in [0.29, 0.717) is 5.75 Å². The van der Waals surface area contributed by atoms with E-state index in [0.717, 1.165) is 0 Å². The van der Waals surface area contributed by atoms with Crippen molar-refractivity contribution in [2.24, 2.45) is 5.92 Å². The lowest BCUT2D eigenvalue weighted by atomic mass is 10.0. The first-order chi connectivity index (χ1) is 9.88. The monoisotopic (exact) mass is 297 g/mol. The van der Waals surface area contributed by atoms with E-state index in [1.807, 2.05) is 13.8 Å². The highest BCUT2D eigenvalue weighted by Crippen LogP contribution is 2.12. The van der Waals surface area contributed by atoms with Crippen LogP contribution in [0.4, 0.5) is 4.39 Å². The lowest BCUT2D eigenvalue weighted by Gasteiger charge is -2.20. The van der Waals surface area contributed by atoms with Crippen LogP contribution >= 0.6 is 0 Å². The van der Waals surface area contributed by atoms with E-state index in [9.17, 15) is 14.0 Å². The number of aliphatic carboxylic acids is 1. The molecule has 0 saturated carbocycles. The molecule has 1 rings (SSSR count). The minimum absolute atomic E-state index is 0.0224. The van der Waals surface area contributed by atoms with Crippen LogP contribution in [-0.4, -0.2) is 29.6 Å². The maximum absolute atomic E-state index is 12.9. The molecule has 0 saturated heterocycles. The molecule has 1 amide bonds. The van der Waals surface area contributed by atoms with E-state index in [-0.39, 0.29) is 31.3 Å². The first-order valence-electron chi connectivity index (χ1n) is 6.78. The Hall–Kier alpha value is -2.11. The summed E-state index contributed by atoms with van der Waals surface area (Å²) in [6.07, 6.45) is -0.0342. The lowest BCUT2D eigenvalue weighted by molar-refractivity contribution is -0.138. The topological polar surface area (TPSA) is 75.6 Å². The molecule has 0 fully saturated rings. The van der Waals surface area contributed by atoms with E-state index < -0.39 is 17.8 Å². The van der Waals surface area contributed by atoms with Gasteiger partial charge in [-0.15, -0.1) is 0 Å². The van der Waals surface area contributed by atoms with Gasteiger partial charge in [0.15, 0.2) is 0 Å². The molecule has 0 aliphatic rings. The molecule has 1 aromatic carbocycles. The van der Waals surface area contributed by atoms with E-state index in [1.54, 1.807) is 6.07 Å². The van der Waals surface area contributed by atoms with Crippen molar-refractivity contribution in [3.8, 4) is 5.75 Å². The van der Waals surface area contributed by atoms with Gasteiger partial charge in [0.1, 0.15) is 11.6 Å². The maximum Gasteiger partial charge on any atom is 0.305 e. The van der Waals surface area contributed by atoms with Crippen molar-refractivity contribution in [2.45, 2.75) is 32.7 Å². The summed E-state index contributed by atoms with van der Waals surface area (Å²) in [4.78, 5) is 22.5. The Kier molecular flexibility index (Phi) is 6.65. The quantitative estimate of drug-likeness (QED) is 0.771. The van der Waals surface area contributed by atoms with Crippen LogP contribution in [-0.2, 0) is 9.59 Å². The van der Waals surface area contributed by atoms with Gasteiger partial charge in [-0.3, -0.25) is 9.59 Å². The zero-order valence-electron chi connectivity index (χ0n) is 12.1. The average Bonchev–Trinajstić information content (AvgIpc) is 2.37. The summed E-state index contributed by atoms with van der Waals surface area (Å²) < 4.78 is 18.2. The molecule has 1 aromatic rings. The Morgan fingerprint density at radius 1 is 1.38 bits per heavy atom. The van der Waals surface area contributed by atoms with Gasteiger partial charge in [0.05, 0.1) is 19.4 Å². The highest BCUT2D eigenvalue weighted by Gasteiger charge is 2.19. The zero-order chi connectivity index (χ0) is 15.8. The lowest BCUT2D eigenvalue weighted by Crippen LogP contribution is -2.40. The number of hydrogen-bond acceptors (Lipinski definition) is 3. The first kappa shape index (κ1) is 16.9. The molecule has 0 spiro atoms. The standard InChI is InChI=1S/C15H20FNO4/c1-10(2)13(9-15(19)20)17-14(18)6-7-21-12-5-3-4-11(16)8-12/h3-5,8,10,13H,6-7,9H2,1-2H3,(H,17,18)(H,19,20). The van der Waals surface area contributed by atoms with Crippen LogP contribution in [0, 0.1) is 11.7 Å². The summed E-state index contributed by atoms with van der Waals surface area (Å²) in [6.45, 7) is 3.79. The smallest absolute Gasteiger partial charge is 0.305 e. The van der Waals surface area contributed by atoms with Crippen LogP contribution in [0.1, 0.15) is 26.7 Å². The molecule has 5 nitrogen and oxygen atoms in total. The second kappa shape index (κ2) is 8.24. The van der Waals surface area contributed by atoms with Crippen LogP contribution in [0.15, 0.2) is 24.3 Å². The van der Waals surface area contributed by atoms with Gasteiger partial charge in [-0.25, -0.2) is 4.39 Å². The van der Waals surface area contributed by atoms with Gasteiger partial charge in [0.2, 0.25) is 5.91 Å². The van der Waals surface area contributed by atoms with Gasteiger partial charge in [-0.2, -0.15) is 0 Å². The Labute approximate surface area is 123 Å². The van der Waals surface area contributed by atoms with Gasteiger partial charge >= 0.3 is 5.97 Å². The predicted octanol–water partition coefficient (Wildman–Crippen LogP) is 2.21. The van der Waals surface area contributed by atoms with Gasteiger partial charge in [-0.1, -0.05) is 19.9 Å². The molecule has 2 N–H and O–H groups in total. The molecule has 0 heterocycles. The van der Waals surface area contributed by atoms with Gasteiger partial charge in [0.25, 0.3) is 0 Å². The minimum Gasteiger partial charge on any atom is -0.493 e. The van der Waals surface area contributed by atoms with Crippen LogP contribution in [0.3, 0.4) is 0 Å². The number of nitrogens with one attached hydrogen (secondary N) is 1. The predicted molar refractivity (Wildman–Crippen MR) is 75.5 cm³/mol. The largest absolute Gasteiger partial charge is 0.493 e. The fraction of sp³-hybridized carbons (Fsp3) is 0.467. The molecule has 6 heteroatoms. The summed E-state index contributed by atoms with van der Waals surface area (Å²) in [5.74, 6) is -1.27. The number of carboxylic acids is 1. The number of carbonyl (C=O) groups excluding carboxylic acids is 1. The number of rotatable bonds is 8. The summed E-state index contributed by atoms with van der Waals surface area (Å²) in [6, 6.07) is 5.25. The number of carbonyl (C=O) groups is 2. The van der Waals surface area contributed by atoms with E-state index in [1.165, 1.54) is 18.2 Å². The molecular weight excluding hydrogens is 277 g/mol. The number of hydrogen-bond donors (Lipinski definition) is 2. The van der Waals surface area contributed by atoms with E-state index in [2.05, 4.69) is 5.32 Å². The van der Waals surface area contributed by atoms with Crippen molar-refractivity contribution >= 4 is 11.9 Å². The third-order valence-corrected chi connectivity index (χ3v) is 2.94. The third kappa shape index (κ3) is 6.74. The minimum atomic E-state index is -0.954. The molecule has 0 bridgehead atoms. The molecule has 1 unspecified atom stereocenters. The Morgan fingerprint density at radius 2 is 2.10 bits per heavy atom. The van der Waals surface area contributed by atoms with Crippen LogP contribution in [0.5, 0.6) is 5.75 Å².